The van der Waals surface area contributed by atoms with Crippen LogP contribution in [0.4, 0.5) is 0 Å². The van der Waals surface area contributed by atoms with Gasteiger partial charge in [-0.3, -0.25) is 4.79 Å². The van der Waals surface area contributed by atoms with Crippen molar-refractivity contribution in [3.63, 3.8) is 0 Å². The molecule has 0 amide bonds. The van der Waals surface area contributed by atoms with Gasteiger partial charge in [0, 0.05) is 32.6 Å². The Morgan fingerprint density at radius 2 is 2.25 bits per heavy atom. The zero-order valence-corrected chi connectivity index (χ0v) is 11.5. The van der Waals surface area contributed by atoms with E-state index in [1.165, 1.54) is 22.7 Å². The van der Waals surface area contributed by atoms with Gasteiger partial charge < -0.3 is 5.73 Å². The highest BCUT2D eigenvalue weighted by molar-refractivity contribution is 9.10. The lowest BCUT2D eigenvalue weighted by Crippen LogP contribution is -2.04. The Bertz CT molecular complexity index is 506. The number of ketones is 1. The molecular formula is C10H9BrN2OS2. The van der Waals surface area contributed by atoms with Gasteiger partial charge in [0.05, 0.1) is 5.01 Å². The fourth-order valence-corrected chi connectivity index (χ4v) is 3.48. The van der Waals surface area contributed by atoms with Crippen molar-refractivity contribution in [2.24, 2.45) is 5.73 Å². The molecule has 2 aromatic heterocycles. The molecule has 0 spiro atoms. The maximum Gasteiger partial charge on any atom is 0.214 e. The molecule has 2 N–H and O–H groups in total. The van der Waals surface area contributed by atoms with Crippen LogP contribution < -0.4 is 5.73 Å². The van der Waals surface area contributed by atoms with Crippen LogP contribution in [0.1, 0.15) is 21.1 Å². The number of carbonyl (C=O) groups excluding carboxylic acids is 1. The van der Waals surface area contributed by atoms with Crippen molar-refractivity contribution in [2.75, 3.05) is 6.54 Å². The minimum absolute atomic E-state index is 0.0346. The van der Waals surface area contributed by atoms with E-state index in [9.17, 15) is 4.79 Å². The monoisotopic (exact) mass is 316 g/mol. The molecule has 0 aliphatic heterocycles. The van der Waals surface area contributed by atoms with E-state index in [-0.39, 0.29) is 5.78 Å². The first kappa shape index (κ1) is 11.9. The number of nitrogens with two attached hydrogens (primary N) is 1. The molecular weight excluding hydrogens is 308 g/mol. The third-order valence-corrected chi connectivity index (χ3v) is 4.61. The minimum Gasteiger partial charge on any atom is -0.330 e. The molecule has 0 aliphatic rings. The molecule has 84 valence electrons. The quantitative estimate of drug-likeness (QED) is 0.882. The van der Waals surface area contributed by atoms with E-state index in [1.54, 1.807) is 5.38 Å². The average molecular weight is 317 g/mol. The van der Waals surface area contributed by atoms with Crippen molar-refractivity contribution in [1.29, 1.82) is 0 Å². The van der Waals surface area contributed by atoms with Crippen molar-refractivity contribution in [1.82, 2.24) is 4.98 Å². The molecule has 2 rings (SSSR count). The van der Waals surface area contributed by atoms with E-state index in [2.05, 4.69) is 20.9 Å². The Morgan fingerprint density at radius 3 is 2.88 bits per heavy atom. The van der Waals surface area contributed by atoms with Gasteiger partial charge in [0.1, 0.15) is 5.69 Å². The number of carbonyl (C=O) groups is 1. The first-order valence-electron chi connectivity index (χ1n) is 4.63. The van der Waals surface area contributed by atoms with Crippen molar-refractivity contribution in [2.45, 2.75) is 6.42 Å². The maximum atomic E-state index is 12.0. The molecule has 0 bridgehead atoms. The number of thiazole rings is 1. The SMILES string of the molecule is NCCc1nc(C(=O)c2cscc2Br)cs1. The van der Waals surface area contributed by atoms with Crippen LogP contribution in [0.5, 0.6) is 0 Å². The van der Waals surface area contributed by atoms with Gasteiger partial charge in [-0.2, -0.15) is 11.3 Å². The summed E-state index contributed by atoms with van der Waals surface area (Å²) < 4.78 is 0.830. The van der Waals surface area contributed by atoms with E-state index < -0.39 is 0 Å². The average Bonchev–Trinajstić information content (AvgIpc) is 2.87. The highest BCUT2D eigenvalue weighted by Crippen LogP contribution is 2.24. The zero-order chi connectivity index (χ0) is 11.5. The van der Waals surface area contributed by atoms with Crippen molar-refractivity contribution < 1.29 is 4.79 Å². The van der Waals surface area contributed by atoms with Gasteiger partial charge in [-0.05, 0) is 22.5 Å². The number of rotatable bonds is 4. The highest BCUT2D eigenvalue weighted by atomic mass is 79.9. The molecule has 2 aromatic rings. The van der Waals surface area contributed by atoms with E-state index >= 15 is 0 Å². The summed E-state index contributed by atoms with van der Waals surface area (Å²) in [6, 6.07) is 0. The Morgan fingerprint density at radius 1 is 1.44 bits per heavy atom. The van der Waals surface area contributed by atoms with Crippen LogP contribution in [0.25, 0.3) is 0 Å². The van der Waals surface area contributed by atoms with Crippen molar-refractivity contribution in [3.8, 4) is 0 Å². The second-order valence-electron chi connectivity index (χ2n) is 3.13. The lowest BCUT2D eigenvalue weighted by Gasteiger charge is -1.94. The number of aromatic nitrogens is 1. The van der Waals surface area contributed by atoms with Gasteiger partial charge in [-0.15, -0.1) is 11.3 Å². The zero-order valence-electron chi connectivity index (χ0n) is 8.27. The normalized spacial score (nSPS) is 10.6. The third-order valence-electron chi connectivity index (χ3n) is 2.00. The molecule has 2 heterocycles. The van der Waals surface area contributed by atoms with E-state index in [4.69, 9.17) is 5.73 Å². The lowest BCUT2D eigenvalue weighted by atomic mass is 10.2. The lowest BCUT2D eigenvalue weighted by molar-refractivity contribution is 0.103. The number of nitrogens with zero attached hydrogens (tertiary/aromatic N) is 1. The van der Waals surface area contributed by atoms with Crippen LogP contribution >= 0.6 is 38.6 Å². The Labute approximate surface area is 109 Å². The van der Waals surface area contributed by atoms with Gasteiger partial charge in [0.2, 0.25) is 5.78 Å². The largest absolute Gasteiger partial charge is 0.330 e. The van der Waals surface area contributed by atoms with Crippen LogP contribution in [0.15, 0.2) is 20.6 Å². The molecule has 0 unspecified atom stereocenters. The molecule has 0 saturated heterocycles. The summed E-state index contributed by atoms with van der Waals surface area (Å²) in [6.45, 7) is 0.559. The van der Waals surface area contributed by atoms with E-state index in [0.717, 1.165) is 15.9 Å². The van der Waals surface area contributed by atoms with Crippen LogP contribution in [-0.2, 0) is 6.42 Å². The second kappa shape index (κ2) is 5.18. The fourth-order valence-electron chi connectivity index (χ4n) is 1.24. The predicted molar refractivity (Wildman–Crippen MR) is 70.3 cm³/mol. The Kier molecular flexibility index (Phi) is 3.86. The van der Waals surface area contributed by atoms with Gasteiger partial charge in [-0.1, -0.05) is 0 Å². The predicted octanol–water partition coefficient (Wildman–Crippen LogP) is 2.70. The van der Waals surface area contributed by atoms with Gasteiger partial charge in [0.15, 0.2) is 0 Å². The first-order valence-corrected chi connectivity index (χ1v) is 7.24. The smallest absolute Gasteiger partial charge is 0.214 e. The standard InChI is InChI=1S/C10H9BrN2OS2/c11-7-4-15-3-6(7)10(14)8-5-16-9(13-8)1-2-12/h3-5H,1-2,12H2. The summed E-state index contributed by atoms with van der Waals surface area (Å²) in [4.78, 5) is 16.3. The minimum atomic E-state index is -0.0346. The molecule has 3 nitrogen and oxygen atoms in total. The first-order chi connectivity index (χ1) is 7.72. The summed E-state index contributed by atoms with van der Waals surface area (Å²) in [5.41, 5.74) is 6.62. The third kappa shape index (κ3) is 2.40. The fraction of sp³-hybridized carbons (Fsp3) is 0.200. The summed E-state index contributed by atoms with van der Waals surface area (Å²) in [5.74, 6) is -0.0346. The highest BCUT2D eigenvalue weighted by Gasteiger charge is 2.16. The molecule has 0 saturated carbocycles. The summed E-state index contributed by atoms with van der Waals surface area (Å²) in [6.07, 6.45) is 0.725. The molecule has 0 aromatic carbocycles. The molecule has 0 atom stereocenters. The van der Waals surface area contributed by atoms with E-state index in [0.29, 0.717) is 17.8 Å². The van der Waals surface area contributed by atoms with Crippen LogP contribution in [0.2, 0.25) is 0 Å². The summed E-state index contributed by atoms with van der Waals surface area (Å²) in [7, 11) is 0. The molecule has 16 heavy (non-hydrogen) atoms. The van der Waals surface area contributed by atoms with Crippen LogP contribution in [-0.4, -0.2) is 17.3 Å². The summed E-state index contributed by atoms with van der Waals surface area (Å²) >= 11 is 6.32. The number of halogens is 1. The van der Waals surface area contributed by atoms with Crippen molar-refractivity contribution in [3.05, 3.63) is 36.9 Å². The van der Waals surface area contributed by atoms with Crippen LogP contribution in [0.3, 0.4) is 0 Å². The summed E-state index contributed by atoms with van der Waals surface area (Å²) in [5, 5.41) is 6.42. The molecule has 0 aliphatic carbocycles. The number of hydrogen-bond acceptors (Lipinski definition) is 5. The van der Waals surface area contributed by atoms with E-state index in [1.807, 2.05) is 10.8 Å². The van der Waals surface area contributed by atoms with Gasteiger partial charge >= 0.3 is 0 Å². The Hall–Kier alpha value is -0.560. The van der Waals surface area contributed by atoms with Gasteiger partial charge in [0.25, 0.3) is 0 Å². The maximum absolute atomic E-state index is 12.0. The van der Waals surface area contributed by atoms with Crippen molar-refractivity contribution >= 4 is 44.4 Å². The molecule has 0 fully saturated rings. The topological polar surface area (TPSA) is 56.0 Å². The van der Waals surface area contributed by atoms with Crippen LogP contribution in [0, 0.1) is 0 Å². The molecule has 6 heteroatoms. The van der Waals surface area contributed by atoms with Gasteiger partial charge in [-0.25, -0.2) is 4.98 Å². The Balaban J connectivity index is 2.24. The molecule has 0 radical (unpaired) electrons. The second-order valence-corrected chi connectivity index (χ2v) is 5.67. The number of hydrogen-bond donors (Lipinski definition) is 1. The number of thiophene rings is 1.